The standard InChI is InChI=1S/C10H9F5N2O4.ClH/c1-21-6-3-4(2-5(7(6)18)17(19)20)8(16)9(11,12)10(13,14)15;/h2-3,8,18H,16H2,1H3;1H/t8-;/m0./s1. The van der Waals surface area contributed by atoms with Gasteiger partial charge in [-0.25, -0.2) is 0 Å². The summed E-state index contributed by atoms with van der Waals surface area (Å²) in [4.78, 5) is 9.48. The van der Waals surface area contributed by atoms with Crippen LogP contribution in [0.15, 0.2) is 12.1 Å². The van der Waals surface area contributed by atoms with Crippen molar-refractivity contribution in [1.29, 1.82) is 0 Å². The minimum atomic E-state index is -5.94. The van der Waals surface area contributed by atoms with Gasteiger partial charge in [0.15, 0.2) is 5.75 Å². The molecule has 0 aromatic heterocycles. The number of phenols is 1. The van der Waals surface area contributed by atoms with E-state index in [1.54, 1.807) is 0 Å². The van der Waals surface area contributed by atoms with Crippen LogP contribution in [0.1, 0.15) is 11.6 Å². The van der Waals surface area contributed by atoms with Gasteiger partial charge in [-0.3, -0.25) is 10.1 Å². The van der Waals surface area contributed by atoms with Gasteiger partial charge in [-0.05, 0) is 11.6 Å². The van der Waals surface area contributed by atoms with Crippen molar-refractivity contribution in [2.24, 2.45) is 5.73 Å². The summed E-state index contributed by atoms with van der Waals surface area (Å²) in [6.45, 7) is 0. The predicted octanol–water partition coefficient (Wildman–Crippen LogP) is 2.93. The highest BCUT2D eigenvalue weighted by atomic mass is 35.5. The van der Waals surface area contributed by atoms with E-state index in [9.17, 15) is 37.2 Å². The van der Waals surface area contributed by atoms with Crippen molar-refractivity contribution >= 4 is 18.1 Å². The largest absolute Gasteiger partial charge is 0.500 e. The third-order valence-corrected chi connectivity index (χ3v) is 2.62. The molecule has 3 N–H and O–H groups in total. The Labute approximate surface area is 126 Å². The normalized spacial score (nSPS) is 13.2. The maximum Gasteiger partial charge on any atom is 0.455 e. The molecule has 1 rings (SSSR count). The van der Waals surface area contributed by atoms with Crippen LogP contribution >= 0.6 is 12.4 Å². The number of nitro benzene ring substituents is 1. The molecular formula is C10H10ClF5N2O4. The third-order valence-electron chi connectivity index (χ3n) is 2.62. The van der Waals surface area contributed by atoms with Gasteiger partial charge in [-0.2, -0.15) is 22.0 Å². The number of alkyl halides is 5. The average Bonchev–Trinajstić information content (AvgIpc) is 2.36. The average molecular weight is 353 g/mol. The first-order chi connectivity index (χ1) is 9.43. The zero-order valence-electron chi connectivity index (χ0n) is 10.7. The molecule has 0 saturated carbocycles. The molecule has 0 heterocycles. The molecular weight excluding hydrogens is 343 g/mol. The fourth-order valence-electron chi connectivity index (χ4n) is 1.47. The van der Waals surface area contributed by atoms with E-state index in [0.29, 0.717) is 12.1 Å². The van der Waals surface area contributed by atoms with E-state index in [-0.39, 0.29) is 12.4 Å². The van der Waals surface area contributed by atoms with Crippen LogP contribution in [0.3, 0.4) is 0 Å². The van der Waals surface area contributed by atoms with Crippen molar-refractivity contribution in [2.75, 3.05) is 7.11 Å². The molecule has 1 aromatic carbocycles. The van der Waals surface area contributed by atoms with Crippen LogP contribution in [0.2, 0.25) is 0 Å². The minimum absolute atomic E-state index is 0. The summed E-state index contributed by atoms with van der Waals surface area (Å²) in [5.41, 5.74) is 2.87. The number of aromatic hydroxyl groups is 1. The van der Waals surface area contributed by atoms with E-state index >= 15 is 0 Å². The zero-order chi connectivity index (χ0) is 16.6. The first-order valence-corrected chi connectivity index (χ1v) is 5.19. The summed E-state index contributed by atoms with van der Waals surface area (Å²) >= 11 is 0. The van der Waals surface area contributed by atoms with Gasteiger partial charge in [0, 0.05) is 6.07 Å². The Bertz CT molecular complexity index is 567. The van der Waals surface area contributed by atoms with Crippen LogP contribution in [0.5, 0.6) is 11.5 Å². The number of rotatable bonds is 4. The van der Waals surface area contributed by atoms with Gasteiger partial charge >= 0.3 is 17.8 Å². The number of methoxy groups -OCH3 is 1. The number of halogens is 6. The van der Waals surface area contributed by atoms with Gasteiger partial charge in [0.25, 0.3) is 0 Å². The van der Waals surface area contributed by atoms with Crippen molar-refractivity contribution < 1.29 is 36.7 Å². The van der Waals surface area contributed by atoms with Gasteiger partial charge in [0.1, 0.15) is 6.04 Å². The first-order valence-electron chi connectivity index (χ1n) is 5.19. The molecule has 1 atom stereocenters. The van der Waals surface area contributed by atoms with Crippen LogP contribution in [0.25, 0.3) is 0 Å². The highest BCUT2D eigenvalue weighted by Gasteiger charge is 2.62. The quantitative estimate of drug-likeness (QED) is 0.493. The molecule has 0 radical (unpaired) electrons. The lowest BCUT2D eigenvalue weighted by Crippen LogP contribution is -2.45. The highest BCUT2D eigenvalue weighted by Crippen LogP contribution is 2.46. The number of nitrogens with zero attached hydrogens (tertiary/aromatic N) is 1. The first kappa shape index (κ1) is 20.1. The second kappa shape index (κ2) is 6.48. The summed E-state index contributed by atoms with van der Waals surface area (Å²) in [6.07, 6.45) is -5.94. The van der Waals surface area contributed by atoms with E-state index in [2.05, 4.69) is 4.74 Å². The second-order valence-corrected chi connectivity index (χ2v) is 3.95. The Kier molecular flexibility index (Phi) is 5.93. The molecule has 0 aliphatic carbocycles. The Morgan fingerprint density at radius 3 is 2.18 bits per heavy atom. The molecule has 126 valence electrons. The lowest BCUT2D eigenvalue weighted by Gasteiger charge is -2.26. The Morgan fingerprint density at radius 1 is 1.32 bits per heavy atom. The van der Waals surface area contributed by atoms with Crippen molar-refractivity contribution in [3.63, 3.8) is 0 Å². The van der Waals surface area contributed by atoms with E-state index in [0.717, 1.165) is 7.11 Å². The molecule has 12 heteroatoms. The van der Waals surface area contributed by atoms with E-state index < -0.39 is 45.8 Å². The lowest BCUT2D eigenvalue weighted by molar-refractivity contribution is -0.386. The molecule has 0 bridgehead atoms. The number of nitro groups is 1. The molecule has 0 spiro atoms. The SMILES string of the molecule is COc1cc([C@H](N)C(F)(F)C(F)(F)F)cc([N+](=O)[O-])c1O.Cl. The summed E-state index contributed by atoms with van der Waals surface area (Å²) in [5.74, 6) is -6.97. The number of hydrogen-bond donors (Lipinski definition) is 2. The van der Waals surface area contributed by atoms with Gasteiger partial charge < -0.3 is 15.6 Å². The van der Waals surface area contributed by atoms with E-state index in [1.165, 1.54) is 0 Å². The van der Waals surface area contributed by atoms with Crippen molar-refractivity contribution in [3.05, 3.63) is 27.8 Å². The number of phenolic OH excluding ortho intramolecular Hbond substituents is 1. The number of benzene rings is 1. The third kappa shape index (κ3) is 3.47. The van der Waals surface area contributed by atoms with Crippen molar-refractivity contribution in [1.82, 2.24) is 0 Å². The number of ether oxygens (including phenoxy) is 1. The smallest absolute Gasteiger partial charge is 0.455 e. The van der Waals surface area contributed by atoms with Crippen molar-refractivity contribution in [2.45, 2.75) is 18.1 Å². The summed E-state index contributed by atoms with van der Waals surface area (Å²) in [7, 11) is 0.940. The molecule has 0 amide bonds. The van der Waals surface area contributed by atoms with Gasteiger partial charge in [0.2, 0.25) is 5.75 Å². The molecule has 6 nitrogen and oxygen atoms in total. The summed E-state index contributed by atoms with van der Waals surface area (Å²) in [6, 6.07) is -1.99. The van der Waals surface area contributed by atoms with E-state index in [1.807, 2.05) is 0 Å². The molecule has 1 aromatic rings. The maximum absolute atomic E-state index is 13.2. The predicted molar refractivity (Wildman–Crippen MR) is 66.5 cm³/mol. The van der Waals surface area contributed by atoms with Gasteiger partial charge in [-0.1, -0.05) is 0 Å². The molecule has 0 aliphatic rings. The van der Waals surface area contributed by atoms with Crippen molar-refractivity contribution in [3.8, 4) is 11.5 Å². The Hall–Kier alpha value is -1.88. The van der Waals surface area contributed by atoms with Crippen LogP contribution in [0.4, 0.5) is 27.6 Å². The van der Waals surface area contributed by atoms with Crippen LogP contribution in [0, 0.1) is 10.1 Å². The minimum Gasteiger partial charge on any atom is -0.500 e. The molecule has 0 saturated heterocycles. The monoisotopic (exact) mass is 352 g/mol. The fourth-order valence-corrected chi connectivity index (χ4v) is 1.47. The van der Waals surface area contributed by atoms with Crippen LogP contribution < -0.4 is 10.5 Å². The van der Waals surface area contributed by atoms with Gasteiger partial charge in [-0.15, -0.1) is 12.4 Å². The zero-order valence-corrected chi connectivity index (χ0v) is 11.5. The number of nitrogens with two attached hydrogens (primary N) is 1. The number of hydrogen-bond acceptors (Lipinski definition) is 5. The highest BCUT2D eigenvalue weighted by molar-refractivity contribution is 5.85. The molecule has 0 unspecified atom stereocenters. The molecule has 0 fully saturated rings. The summed E-state index contributed by atoms with van der Waals surface area (Å²) < 4.78 is 67.5. The summed E-state index contributed by atoms with van der Waals surface area (Å²) in [5, 5.41) is 20.1. The lowest BCUT2D eigenvalue weighted by atomic mass is 9.99. The Morgan fingerprint density at radius 2 is 1.82 bits per heavy atom. The maximum atomic E-state index is 13.2. The van der Waals surface area contributed by atoms with Crippen LogP contribution in [-0.4, -0.2) is 29.2 Å². The van der Waals surface area contributed by atoms with E-state index in [4.69, 9.17) is 5.73 Å². The Balaban J connectivity index is 0.00000441. The topological polar surface area (TPSA) is 98.6 Å². The molecule has 22 heavy (non-hydrogen) atoms. The van der Waals surface area contributed by atoms with Gasteiger partial charge in [0.05, 0.1) is 12.0 Å². The fraction of sp³-hybridized carbons (Fsp3) is 0.400. The molecule has 0 aliphatic heterocycles. The van der Waals surface area contributed by atoms with Crippen LogP contribution in [-0.2, 0) is 0 Å². The second-order valence-electron chi connectivity index (χ2n) is 3.95.